The summed E-state index contributed by atoms with van der Waals surface area (Å²) >= 11 is 0. The summed E-state index contributed by atoms with van der Waals surface area (Å²) < 4.78 is 6.83. The minimum Gasteiger partial charge on any atom is -0.394 e. The zero-order valence-corrected chi connectivity index (χ0v) is 8.48. The second-order valence-electron chi connectivity index (χ2n) is 3.65. The van der Waals surface area contributed by atoms with E-state index in [0.29, 0.717) is 6.42 Å². The van der Waals surface area contributed by atoms with Gasteiger partial charge in [-0.15, -0.1) is 0 Å². The molecule has 1 aromatic heterocycles. The van der Waals surface area contributed by atoms with Crippen LogP contribution in [0.1, 0.15) is 12.6 Å². The fraction of sp³-hybridized carbons (Fsp3) is 0.556. The first kappa shape index (κ1) is 11.1. The van der Waals surface area contributed by atoms with E-state index < -0.39 is 24.0 Å². The number of nitrogen functional groups attached to an aromatic ring is 1. The van der Waals surface area contributed by atoms with E-state index in [1.54, 1.807) is 0 Å². The van der Waals surface area contributed by atoms with E-state index in [0.717, 1.165) is 0 Å². The maximum Gasteiger partial charge on any atom is 0.274 e. The Bertz CT molecular complexity index is 433. The van der Waals surface area contributed by atoms with Gasteiger partial charge in [0.1, 0.15) is 12.3 Å². The smallest absolute Gasteiger partial charge is 0.274 e. The lowest BCUT2D eigenvalue weighted by Crippen LogP contribution is -2.24. The molecule has 2 rings (SSSR count). The molecule has 16 heavy (non-hydrogen) atoms. The highest BCUT2D eigenvalue weighted by Crippen LogP contribution is 2.29. The molecule has 0 aromatic carbocycles. The van der Waals surface area contributed by atoms with Gasteiger partial charge >= 0.3 is 0 Å². The molecule has 0 bridgehead atoms. The predicted molar refractivity (Wildman–Crippen MR) is 54.5 cm³/mol. The molecular weight excluding hydrogens is 214 g/mol. The molecule has 0 amide bonds. The molecule has 88 valence electrons. The van der Waals surface area contributed by atoms with Crippen LogP contribution in [0.4, 0.5) is 5.95 Å². The minimum atomic E-state index is -0.742. The number of nitrogens with zero attached hydrogens (tertiary/aromatic N) is 2. The van der Waals surface area contributed by atoms with E-state index in [-0.39, 0.29) is 12.6 Å². The van der Waals surface area contributed by atoms with Crippen molar-refractivity contribution >= 4 is 5.95 Å². The van der Waals surface area contributed by atoms with Gasteiger partial charge in [-0.2, -0.15) is 4.98 Å². The highest BCUT2D eigenvalue weighted by Gasteiger charge is 2.34. The van der Waals surface area contributed by atoms with Gasteiger partial charge in [-0.05, 0) is 0 Å². The van der Waals surface area contributed by atoms with Gasteiger partial charge in [0.15, 0.2) is 0 Å². The Morgan fingerprint density at radius 2 is 2.44 bits per heavy atom. The van der Waals surface area contributed by atoms with Crippen LogP contribution in [0, 0.1) is 0 Å². The topological polar surface area (TPSA) is 111 Å². The molecule has 1 aromatic rings. The second kappa shape index (κ2) is 4.20. The summed E-state index contributed by atoms with van der Waals surface area (Å²) in [5, 5.41) is 18.5. The lowest BCUT2D eigenvalue weighted by Gasteiger charge is -2.16. The molecule has 7 heteroatoms. The molecular formula is C9H13N3O4. The Morgan fingerprint density at radius 1 is 1.69 bits per heavy atom. The maximum absolute atomic E-state index is 10.9. The first-order valence-corrected chi connectivity index (χ1v) is 4.91. The van der Waals surface area contributed by atoms with Crippen LogP contribution in [0.2, 0.25) is 0 Å². The number of anilines is 1. The van der Waals surface area contributed by atoms with E-state index in [2.05, 4.69) is 4.98 Å². The summed E-state index contributed by atoms with van der Waals surface area (Å²) in [6.45, 7) is -0.259. The van der Waals surface area contributed by atoms with E-state index in [4.69, 9.17) is 15.6 Å². The molecule has 3 atom stereocenters. The van der Waals surface area contributed by atoms with E-state index in [9.17, 15) is 9.90 Å². The largest absolute Gasteiger partial charge is 0.394 e. The van der Waals surface area contributed by atoms with Crippen molar-refractivity contribution in [3.8, 4) is 0 Å². The third kappa shape index (κ3) is 1.92. The third-order valence-corrected chi connectivity index (χ3v) is 2.56. The number of hydrogen-bond donors (Lipinski definition) is 3. The number of aromatic nitrogens is 2. The summed E-state index contributed by atoms with van der Waals surface area (Å²) in [7, 11) is 0. The van der Waals surface area contributed by atoms with Crippen molar-refractivity contribution in [2.45, 2.75) is 24.9 Å². The van der Waals surface area contributed by atoms with E-state index in [1.165, 1.54) is 16.8 Å². The van der Waals surface area contributed by atoms with Gasteiger partial charge in [0.05, 0.1) is 12.7 Å². The fourth-order valence-corrected chi connectivity index (χ4v) is 1.72. The molecule has 2 heterocycles. The lowest BCUT2D eigenvalue weighted by molar-refractivity contribution is -0.0440. The van der Waals surface area contributed by atoms with Crippen molar-refractivity contribution in [2.24, 2.45) is 0 Å². The van der Waals surface area contributed by atoms with Crippen molar-refractivity contribution in [2.75, 3.05) is 12.3 Å². The summed E-state index contributed by atoms with van der Waals surface area (Å²) in [4.78, 5) is 14.5. The standard InChI is InChI=1S/C9H13N3O4/c10-9-11-7(15)1-2-12(9)8-3-5(14)6(4-13)16-8/h1-2,5-6,8,13-14H,3-4H2,(H2,10,11,15)/t5?,6-,8-/m1/s1. The van der Waals surface area contributed by atoms with Gasteiger partial charge in [-0.25, -0.2) is 0 Å². The minimum absolute atomic E-state index is 0.0308. The van der Waals surface area contributed by atoms with Crippen LogP contribution in [0.15, 0.2) is 17.1 Å². The molecule has 1 aliphatic heterocycles. The van der Waals surface area contributed by atoms with Crippen LogP contribution < -0.4 is 11.3 Å². The average molecular weight is 227 g/mol. The zero-order chi connectivity index (χ0) is 11.7. The van der Waals surface area contributed by atoms with Crippen LogP contribution >= 0.6 is 0 Å². The van der Waals surface area contributed by atoms with Gasteiger partial charge in [-0.3, -0.25) is 9.36 Å². The quantitative estimate of drug-likeness (QED) is 0.565. The summed E-state index contributed by atoms with van der Waals surface area (Å²) in [5.41, 5.74) is 5.14. The molecule has 0 saturated carbocycles. The monoisotopic (exact) mass is 227 g/mol. The van der Waals surface area contributed by atoms with Crippen LogP contribution in [-0.2, 0) is 4.74 Å². The Morgan fingerprint density at radius 3 is 3.00 bits per heavy atom. The Hall–Kier alpha value is -1.44. The van der Waals surface area contributed by atoms with Crippen molar-refractivity contribution in [3.05, 3.63) is 22.6 Å². The number of hydrogen-bond acceptors (Lipinski definition) is 6. The number of aliphatic hydroxyl groups is 2. The molecule has 0 radical (unpaired) electrons. The molecule has 0 aliphatic carbocycles. The highest BCUT2D eigenvalue weighted by molar-refractivity contribution is 5.17. The molecule has 1 unspecified atom stereocenters. The van der Waals surface area contributed by atoms with Gasteiger partial charge in [0.25, 0.3) is 5.56 Å². The van der Waals surface area contributed by atoms with Crippen molar-refractivity contribution < 1.29 is 14.9 Å². The zero-order valence-electron chi connectivity index (χ0n) is 8.48. The normalized spacial score (nSPS) is 29.5. The molecule has 0 spiro atoms. The fourth-order valence-electron chi connectivity index (χ4n) is 1.72. The van der Waals surface area contributed by atoms with Gasteiger partial charge in [0, 0.05) is 18.7 Å². The third-order valence-electron chi connectivity index (χ3n) is 2.56. The predicted octanol–water partition coefficient (Wildman–Crippen LogP) is -1.53. The second-order valence-corrected chi connectivity index (χ2v) is 3.65. The first-order chi connectivity index (χ1) is 7.61. The Labute approximate surface area is 91.1 Å². The van der Waals surface area contributed by atoms with Crippen molar-refractivity contribution in [1.82, 2.24) is 9.55 Å². The number of rotatable bonds is 2. The van der Waals surface area contributed by atoms with Gasteiger partial charge in [0.2, 0.25) is 5.95 Å². The number of aliphatic hydroxyl groups excluding tert-OH is 2. The molecule has 1 aliphatic rings. The number of nitrogens with two attached hydrogens (primary N) is 1. The molecule has 7 nitrogen and oxygen atoms in total. The average Bonchev–Trinajstić information content (AvgIpc) is 2.59. The Balaban J connectivity index is 2.23. The van der Waals surface area contributed by atoms with Gasteiger partial charge in [-0.1, -0.05) is 0 Å². The Kier molecular flexibility index (Phi) is 2.90. The molecule has 4 N–H and O–H groups in total. The summed E-state index contributed by atoms with van der Waals surface area (Å²) in [6, 6.07) is 1.26. The van der Waals surface area contributed by atoms with Crippen LogP contribution in [0.5, 0.6) is 0 Å². The van der Waals surface area contributed by atoms with E-state index in [1.807, 2.05) is 0 Å². The van der Waals surface area contributed by atoms with Crippen LogP contribution in [0.3, 0.4) is 0 Å². The molecule has 1 saturated heterocycles. The first-order valence-electron chi connectivity index (χ1n) is 4.91. The van der Waals surface area contributed by atoms with Gasteiger partial charge < -0.3 is 20.7 Å². The summed E-state index contributed by atoms with van der Waals surface area (Å²) in [5.74, 6) is 0.0308. The van der Waals surface area contributed by atoms with E-state index >= 15 is 0 Å². The molecule has 1 fully saturated rings. The summed E-state index contributed by atoms with van der Waals surface area (Å²) in [6.07, 6.45) is -0.0974. The van der Waals surface area contributed by atoms with Crippen molar-refractivity contribution in [1.29, 1.82) is 0 Å². The number of ether oxygens (including phenoxy) is 1. The van der Waals surface area contributed by atoms with Crippen molar-refractivity contribution in [3.63, 3.8) is 0 Å². The highest BCUT2D eigenvalue weighted by atomic mass is 16.5. The lowest BCUT2D eigenvalue weighted by atomic mass is 10.2. The van der Waals surface area contributed by atoms with Crippen LogP contribution in [0.25, 0.3) is 0 Å². The maximum atomic E-state index is 10.9. The van der Waals surface area contributed by atoms with Crippen LogP contribution in [-0.4, -0.2) is 38.6 Å². The SMILES string of the molecule is Nc1nc(=O)ccn1[C@H]1CC(O)[C@@H](CO)O1.